The van der Waals surface area contributed by atoms with Gasteiger partial charge in [0.2, 0.25) is 0 Å². The minimum atomic E-state index is 0.540. The summed E-state index contributed by atoms with van der Waals surface area (Å²) in [5.41, 5.74) is 2.88. The molecule has 0 spiro atoms. The van der Waals surface area contributed by atoms with Gasteiger partial charge in [-0.05, 0) is 29.7 Å². The largest absolute Gasteiger partial charge is 0.310 e. The Kier molecular flexibility index (Phi) is 5.17. The number of benzene rings is 1. The van der Waals surface area contributed by atoms with Crippen molar-refractivity contribution in [1.29, 1.82) is 0 Å². The van der Waals surface area contributed by atoms with E-state index in [2.05, 4.69) is 62.5 Å². The van der Waals surface area contributed by atoms with Gasteiger partial charge in [-0.15, -0.1) is 11.3 Å². The number of hydrogen-bond donors (Lipinski definition) is 1. The average molecular weight is 273 g/mol. The number of nitrogens with one attached hydrogen (secondary N) is 1. The van der Waals surface area contributed by atoms with Crippen LogP contribution in [0.5, 0.6) is 0 Å². The van der Waals surface area contributed by atoms with Gasteiger partial charge in [-0.1, -0.05) is 51.5 Å². The molecule has 1 nitrogen and oxygen atoms in total. The second kappa shape index (κ2) is 6.88. The quantitative estimate of drug-likeness (QED) is 0.792. The van der Waals surface area contributed by atoms with E-state index in [0.29, 0.717) is 6.04 Å². The average Bonchev–Trinajstić information content (AvgIpc) is 2.86. The molecule has 2 rings (SSSR count). The molecule has 0 saturated carbocycles. The highest BCUT2D eigenvalue weighted by Crippen LogP contribution is 2.31. The van der Waals surface area contributed by atoms with E-state index in [4.69, 9.17) is 0 Å². The first kappa shape index (κ1) is 14.3. The van der Waals surface area contributed by atoms with Gasteiger partial charge in [-0.25, -0.2) is 0 Å². The third-order valence-electron chi connectivity index (χ3n) is 3.15. The fraction of sp³-hybridized carbons (Fsp3) is 0.412. The molecule has 2 aromatic rings. The summed E-state index contributed by atoms with van der Waals surface area (Å²) in [6, 6.07) is 13.8. The van der Waals surface area contributed by atoms with Gasteiger partial charge in [-0.3, -0.25) is 0 Å². The lowest BCUT2D eigenvalue weighted by atomic mass is 10.0. The molecule has 0 unspecified atom stereocenters. The Balaban J connectivity index is 2.18. The molecule has 0 atom stereocenters. The molecule has 0 amide bonds. The highest BCUT2D eigenvalue weighted by atomic mass is 32.1. The maximum atomic E-state index is 3.48. The van der Waals surface area contributed by atoms with Crippen LogP contribution in [-0.4, -0.2) is 6.04 Å². The topological polar surface area (TPSA) is 12.0 Å². The molecular formula is C17H23NS. The first-order chi connectivity index (χ1) is 9.20. The lowest BCUT2D eigenvalue weighted by molar-refractivity contribution is 0.593. The summed E-state index contributed by atoms with van der Waals surface area (Å²) in [4.78, 5) is 2.81. The molecule has 19 heavy (non-hydrogen) atoms. The standard InChI is InChI=1S/C17H23NS/c1-4-7-14-8-5-6-9-16(14)17-11-10-15(19-17)12-18-13(2)3/h5-6,8-11,13,18H,4,7,12H2,1-3H3. The Hall–Kier alpha value is -1.12. The van der Waals surface area contributed by atoms with E-state index in [0.717, 1.165) is 13.0 Å². The zero-order chi connectivity index (χ0) is 13.7. The number of hydrogen-bond acceptors (Lipinski definition) is 2. The highest BCUT2D eigenvalue weighted by Gasteiger charge is 2.07. The van der Waals surface area contributed by atoms with Crippen molar-refractivity contribution in [2.24, 2.45) is 0 Å². The van der Waals surface area contributed by atoms with Crippen molar-refractivity contribution in [2.45, 2.75) is 46.2 Å². The maximum Gasteiger partial charge on any atom is 0.0348 e. The van der Waals surface area contributed by atoms with Crippen LogP contribution in [0, 0.1) is 0 Å². The van der Waals surface area contributed by atoms with Gasteiger partial charge < -0.3 is 5.32 Å². The van der Waals surface area contributed by atoms with Crippen molar-refractivity contribution in [3.8, 4) is 10.4 Å². The zero-order valence-electron chi connectivity index (χ0n) is 12.1. The van der Waals surface area contributed by atoms with Gasteiger partial charge in [0.15, 0.2) is 0 Å². The van der Waals surface area contributed by atoms with Crippen LogP contribution in [0.3, 0.4) is 0 Å². The van der Waals surface area contributed by atoms with Gasteiger partial charge in [0.25, 0.3) is 0 Å². The lowest BCUT2D eigenvalue weighted by Crippen LogP contribution is -2.21. The van der Waals surface area contributed by atoms with E-state index < -0.39 is 0 Å². The van der Waals surface area contributed by atoms with Crippen LogP contribution >= 0.6 is 11.3 Å². The summed E-state index contributed by atoms with van der Waals surface area (Å²) in [7, 11) is 0. The number of thiophene rings is 1. The Morgan fingerprint density at radius 1 is 1.11 bits per heavy atom. The van der Waals surface area contributed by atoms with Crippen LogP contribution in [0.15, 0.2) is 36.4 Å². The predicted molar refractivity (Wildman–Crippen MR) is 85.7 cm³/mol. The fourth-order valence-electron chi connectivity index (χ4n) is 2.17. The van der Waals surface area contributed by atoms with Gasteiger partial charge in [0.05, 0.1) is 0 Å². The third-order valence-corrected chi connectivity index (χ3v) is 4.27. The summed E-state index contributed by atoms with van der Waals surface area (Å²) >= 11 is 1.91. The van der Waals surface area contributed by atoms with Crippen LogP contribution in [-0.2, 0) is 13.0 Å². The minimum absolute atomic E-state index is 0.540. The Morgan fingerprint density at radius 2 is 1.89 bits per heavy atom. The van der Waals surface area contributed by atoms with Crippen LogP contribution in [0.1, 0.15) is 37.6 Å². The van der Waals surface area contributed by atoms with Crippen molar-refractivity contribution >= 4 is 11.3 Å². The lowest BCUT2D eigenvalue weighted by Gasteiger charge is -2.07. The molecule has 102 valence electrons. The molecule has 0 aliphatic carbocycles. The predicted octanol–water partition coefficient (Wildman–Crippen LogP) is 4.87. The van der Waals surface area contributed by atoms with Gasteiger partial charge >= 0.3 is 0 Å². The normalized spacial score (nSPS) is 11.2. The summed E-state index contributed by atoms with van der Waals surface area (Å²) in [6.45, 7) is 7.58. The van der Waals surface area contributed by atoms with E-state index >= 15 is 0 Å². The molecular weight excluding hydrogens is 250 g/mol. The molecule has 1 aromatic heterocycles. The van der Waals surface area contributed by atoms with Crippen LogP contribution in [0.4, 0.5) is 0 Å². The molecule has 0 bridgehead atoms. The molecule has 0 saturated heterocycles. The van der Waals surface area contributed by atoms with Crippen LogP contribution in [0.25, 0.3) is 10.4 Å². The smallest absolute Gasteiger partial charge is 0.0348 e. The van der Waals surface area contributed by atoms with Gasteiger partial charge in [-0.2, -0.15) is 0 Å². The molecule has 0 radical (unpaired) electrons. The second-order valence-corrected chi connectivity index (χ2v) is 6.38. The third kappa shape index (κ3) is 3.92. The molecule has 0 aliphatic rings. The summed E-state index contributed by atoms with van der Waals surface area (Å²) in [5, 5.41) is 3.48. The van der Waals surface area contributed by atoms with Gasteiger partial charge in [0.1, 0.15) is 0 Å². The molecule has 1 heterocycles. The van der Waals surface area contributed by atoms with Crippen molar-refractivity contribution in [3.63, 3.8) is 0 Å². The first-order valence-electron chi connectivity index (χ1n) is 7.11. The second-order valence-electron chi connectivity index (χ2n) is 5.21. The Labute approximate surface area is 120 Å². The highest BCUT2D eigenvalue weighted by molar-refractivity contribution is 7.15. The Morgan fingerprint density at radius 3 is 2.63 bits per heavy atom. The van der Waals surface area contributed by atoms with E-state index in [1.165, 1.54) is 27.3 Å². The molecule has 1 N–H and O–H groups in total. The Bertz CT molecular complexity index is 513. The molecule has 2 heteroatoms. The number of rotatable bonds is 6. The fourth-order valence-corrected chi connectivity index (χ4v) is 3.19. The van der Waals surface area contributed by atoms with Gasteiger partial charge in [0, 0.05) is 22.3 Å². The van der Waals surface area contributed by atoms with E-state index in [1.807, 2.05) is 11.3 Å². The minimum Gasteiger partial charge on any atom is -0.310 e. The summed E-state index contributed by atoms with van der Waals surface area (Å²) < 4.78 is 0. The van der Waals surface area contributed by atoms with Crippen molar-refractivity contribution in [3.05, 3.63) is 46.8 Å². The molecule has 0 aliphatic heterocycles. The van der Waals surface area contributed by atoms with Crippen molar-refractivity contribution < 1.29 is 0 Å². The first-order valence-corrected chi connectivity index (χ1v) is 7.92. The van der Waals surface area contributed by atoms with E-state index in [-0.39, 0.29) is 0 Å². The zero-order valence-corrected chi connectivity index (χ0v) is 12.9. The van der Waals surface area contributed by atoms with E-state index in [1.54, 1.807) is 0 Å². The molecule has 0 fully saturated rings. The summed E-state index contributed by atoms with van der Waals surface area (Å²) in [5.74, 6) is 0. The van der Waals surface area contributed by atoms with Crippen LogP contribution < -0.4 is 5.32 Å². The van der Waals surface area contributed by atoms with E-state index in [9.17, 15) is 0 Å². The summed E-state index contributed by atoms with van der Waals surface area (Å²) in [6.07, 6.45) is 2.36. The monoisotopic (exact) mass is 273 g/mol. The molecule has 1 aromatic carbocycles. The SMILES string of the molecule is CCCc1ccccc1-c1ccc(CNC(C)C)s1. The van der Waals surface area contributed by atoms with Crippen molar-refractivity contribution in [2.75, 3.05) is 0 Å². The maximum absolute atomic E-state index is 3.48. The van der Waals surface area contributed by atoms with Crippen molar-refractivity contribution in [1.82, 2.24) is 5.32 Å². The van der Waals surface area contributed by atoms with Crippen LogP contribution in [0.2, 0.25) is 0 Å². The number of aryl methyl sites for hydroxylation is 1.